The van der Waals surface area contributed by atoms with Crippen molar-refractivity contribution in [2.24, 2.45) is 0 Å². The lowest BCUT2D eigenvalue weighted by Crippen LogP contribution is -1.88. The van der Waals surface area contributed by atoms with Gasteiger partial charge in [0.05, 0.1) is 18.1 Å². The van der Waals surface area contributed by atoms with Gasteiger partial charge in [0.2, 0.25) is 0 Å². The molecule has 2 nitrogen and oxygen atoms in total. The van der Waals surface area contributed by atoms with Gasteiger partial charge in [0.1, 0.15) is 5.69 Å². The van der Waals surface area contributed by atoms with Gasteiger partial charge in [-0.15, -0.1) is 6.42 Å². The molecule has 1 aromatic heterocycles. The van der Waals surface area contributed by atoms with Gasteiger partial charge in [-0.1, -0.05) is 23.7 Å². The van der Waals surface area contributed by atoms with Crippen molar-refractivity contribution in [3.8, 4) is 23.6 Å². The molecule has 0 unspecified atom stereocenters. The minimum Gasteiger partial charge on any atom is -0.252 e. The fourth-order valence-electron chi connectivity index (χ4n) is 1.17. The van der Waals surface area contributed by atoms with Gasteiger partial charge in [0.25, 0.3) is 0 Å². The van der Waals surface area contributed by atoms with Crippen LogP contribution in [0, 0.1) is 12.3 Å². The highest BCUT2D eigenvalue weighted by molar-refractivity contribution is 6.30. The van der Waals surface area contributed by atoms with E-state index >= 15 is 0 Å². The molecule has 2 rings (SSSR count). The Hall–Kier alpha value is -1.85. The van der Waals surface area contributed by atoms with E-state index in [0.29, 0.717) is 10.7 Å². The van der Waals surface area contributed by atoms with E-state index in [2.05, 4.69) is 15.9 Å². The second kappa shape index (κ2) is 4.12. The normalized spacial score (nSPS) is 9.60. The first kappa shape index (κ1) is 9.70. The zero-order valence-electron chi connectivity index (χ0n) is 7.81. The van der Waals surface area contributed by atoms with E-state index in [1.807, 2.05) is 24.3 Å². The van der Waals surface area contributed by atoms with Crippen molar-refractivity contribution in [2.45, 2.75) is 0 Å². The van der Waals surface area contributed by atoms with Crippen molar-refractivity contribution in [3.63, 3.8) is 0 Å². The van der Waals surface area contributed by atoms with Gasteiger partial charge in [0.15, 0.2) is 0 Å². The number of benzene rings is 1. The van der Waals surface area contributed by atoms with Crippen LogP contribution in [0.3, 0.4) is 0 Å². The standard InChI is InChI=1S/C12H7ClN2/c1-2-11-7-15-12(8-14-11)9-3-5-10(13)6-4-9/h1,3-8H. The Kier molecular flexibility index (Phi) is 2.66. The molecule has 0 aliphatic heterocycles. The van der Waals surface area contributed by atoms with Crippen LogP contribution in [0.1, 0.15) is 5.69 Å². The minimum absolute atomic E-state index is 0.535. The molecule has 0 radical (unpaired) electrons. The molecule has 0 N–H and O–H groups in total. The van der Waals surface area contributed by atoms with Gasteiger partial charge >= 0.3 is 0 Å². The maximum Gasteiger partial charge on any atom is 0.131 e. The van der Waals surface area contributed by atoms with E-state index in [4.69, 9.17) is 18.0 Å². The summed E-state index contributed by atoms with van der Waals surface area (Å²) in [6.45, 7) is 0. The van der Waals surface area contributed by atoms with Gasteiger partial charge in [-0.25, -0.2) is 4.98 Å². The molecule has 0 fully saturated rings. The number of aromatic nitrogens is 2. The third-order valence-electron chi connectivity index (χ3n) is 1.94. The lowest BCUT2D eigenvalue weighted by molar-refractivity contribution is 1.18. The van der Waals surface area contributed by atoms with Crippen LogP contribution in [-0.4, -0.2) is 9.97 Å². The van der Waals surface area contributed by atoms with E-state index in [9.17, 15) is 0 Å². The first-order chi connectivity index (χ1) is 7.29. The fourth-order valence-corrected chi connectivity index (χ4v) is 1.30. The largest absolute Gasteiger partial charge is 0.252 e. The summed E-state index contributed by atoms with van der Waals surface area (Å²) in [6, 6.07) is 7.41. The van der Waals surface area contributed by atoms with Crippen LogP contribution in [0.5, 0.6) is 0 Å². The summed E-state index contributed by atoms with van der Waals surface area (Å²) in [6.07, 6.45) is 8.41. The number of rotatable bonds is 1. The molecule has 0 saturated heterocycles. The Morgan fingerprint density at radius 3 is 2.33 bits per heavy atom. The van der Waals surface area contributed by atoms with Gasteiger partial charge < -0.3 is 0 Å². The van der Waals surface area contributed by atoms with Crippen molar-refractivity contribution in [1.29, 1.82) is 0 Å². The number of hydrogen-bond donors (Lipinski definition) is 0. The molecule has 0 amide bonds. The number of hydrogen-bond acceptors (Lipinski definition) is 2. The van der Waals surface area contributed by atoms with Crippen molar-refractivity contribution in [1.82, 2.24) is 9.97 Å². The van der Waals surface area contributed by atoms with E-state index in [-0.39, 0.29) is 0 Å². The van der Waals surface area contributed by atoms with E-state index in [0.717, 1.165) is 11.3 Å². The van der Waals surface area contributed by atoms with Crippen molar-refractivity contribution in [3.05, 3.63) is 47.4 Å². The van der Waals surface area contributed by atoms with Gasteiger partial charge in [-0.05, 0) is 18.1 Å². The molecule has 3 heteroatoms. The third kappa shape index (κ3) is 2.15. The first-order valence-corrected chi connectivity index (χ1v) is 4.72. The SMILES string of the molecule is C#Cc1cnc(-c2ccc(Cl)cc2)cn1. The molecule has 0 saturated carbocycles. The fraction of sp³-hybridized carbons (Fsp3) is 0. The first-order valence-electron chi connectivity index (χ1n) is 4.34. The van der Waals surface area contributed by atoms with Crippen LogP contribution in [0.15, 0.2) is 36.7 Å². The minimum atomic E-state index is 0.535. The van der Waals surface area contributed by atoms with Gasteiger partial charge in [-0.2, -0.15) is 0 Å². The summed E-state index contributed by atoms with van der Waals surface area (Å²) in [5.74, 6) is 2.42. The Morgan fingerprint density at radius 1 is 1.07 bits per heavy atom. The second-order valence-corrected chi connectivity index (χ2v) is 3.37. The molecule has 1 aromatic carbocycles. The summed E-state index contributed by atoms with van der Waals surface area (Å²) in [5, 5.41) is 0.701. The average molecular weight is 215 g/mol. The topological polar surface area (TPSA) is 25.8 Å². The molecule has 1 heterocycles. The van der Waals surface area contributed by atoms with Crippen LogP contribution >= 0.6 is 11.6 Å². The molecule has 0 bridgehead atoms. The molecule has 72 valence electrons. The van der Waals surface area contributed by atoms with Crippen LogP contribution in [0.25, 0.3) is 11.3 Å². The highest BCUT2D eigenvalue weighted by atomic mass is 35.5. The maximum atomic E-state index is 5.78. The molecule has 0 atom stereocenters. The Labute approximate surface area is 93.0 Å². The molecular weight excluding hydrogens is 208 g/mol. The summed E-state index contributed by atoms with van der Waals surface area (Å²) in [5.41, 5.74) is 2.29. The van der Waals surface area contributed by atoms with Crippen LogP contribution < -0.4 is 0 Å². The third-order valence-corrected chi connectivity index (χ3v) is 2.19. The predicted octanol–water partition coefficient (Wildman–Crippen LogP) is 2.78. The van der Waals surface area contributed by atoms with Crippen LogP contribution in [-0.2, 0) is 0 Å². The van der Waals surface area contributed by atoms with E-state index < -0.39 is 0 Å². The highest BCUT2D eigenvalue weighted by Crippen LogP contribution is 2.18. The summed E-state index contributed by atoms with van der Waals surface area (Å²) in [4.78, 5) is 8.27. The van der Waals surface area contributed by atoms with Crippen molar-refractivity contribution in [2.75, 3.05) is 0 Å². The number of nitrogens with zero attached hydrogens (tertiary/aromatic N) is 2. The lowest BCUT2D eigenvalue weighted by Gasteiger charge is -1.99. The molecule has 15 heavy (non-hydrogen) atoms. The molecule has 0 spiro atoms. The number of terminal acetylenes is 1. The highest BCUT2D eigenvalue weighted by Gasteiger charge is 1.99. The summed E-state index contributed by atoms with van der Waals surface area (Å²) in [7, 11) is 0. The molecule has 2 aromatic rings. The zero-order chi connectivity index (χ0) is 10.7. The lowest BCUT2D eigenvalue weighted by atomic mass is 10.2. The Morgan fingerprint density at radius 2 is 1.80 bits per heavy atom. The zero-order valence-corrected chi connectivity index (χ0v) is 8.57. The van der Waals surface area contributed by atoms with Crippen LogP contribution in [0.4, 0.5) is 0 Å². The van der Waals surface area contributed by atoms with E-state index in [1.165, 1.54) is 0 Å². The smallest absolute Gasteiger partial charge is 0.131 e. The van der Waals surface area contributed by atoms with Crippen LogP contribution in [0.2, 0.25) is 5.02 Å². The van der Waals surface area contributed by atoms with Crippen molar-refractivity contribution >= 4 is 11.6 Å². The monoisotopic (exact) mass is 214 g/mol. The van der Waals surface area contributed by atoms with E-state index in [1.54, 1.807) is 12.4 Å². The summed E-state index contributed by atoms with van der Waals surface area (Å²) >= 11 is 5.78. The molecule has 0 aliphatic carbocycles. The maximum absolute atomic E-state index is 5.78. The number of halogens is 1. The predicted molar refractivity (Wildman–Crippen MR) is 60.4 cm³/mol. The Bertz CT molecular complexity index is 495. The second-order valence-electron chi connectivity index (χ2n) is 2.94. The Balaban J connectivity index is 2.38. The van der Waals surface area contributed by atoms with Crippen molar-refractivity contribution < 1.29 is 0 Å². The molecule has 0 aliphatic rings. The average Bonchev–Trinajstić information content (AvgIpc) is 2.30. The quantitative estimate of drug-likeness (QED) is 0.683. The van der Waals surface area contributed by atoms with Gasteiger partial charge in [-0.3, -0.25) is 4.98 Å². The summed E-state index contributed by atoms with van der Waals surface area (Å²) < 4.78 is 0. The van der Waals surface area contributed by atoms with Gasteiger partial charge in [0, 0.05) is 10.6 Å². The molecular formula is C12H7ClN2.